The number of hydrogen-bond acceptors (Lipinski definition) is 3. The van der Waals surface area contributed by atoms with Gasteiger partial charge in [0.05, 0.1) is 12.7 Å². The number of carbonyl (C=O) groups is 2. The van der Waals surface area contributed by atoms with Crippen molar-refractivity contribution < 1.29 is 18.7 Å². The first-order chi connectivity index (χ1) is 9.02. The molecule has 1 aromatic rings. The van der Waals surface area contributed by atoms with Gasteiger partial charge in [-0.1, -0.05) is 6.07 Å². The Bertz CT molecular complexity index is 519. The van der Waals surface area contributed by atoms with Gasteiger partial charge in [0.25, 0.3) is 0 Å². The maximum Gasteiger partial charge on any atom is 0.340 e. The van der Waals surface area contributed by atoms with E-state index < -0.39 is 11.8 Å². The molecule has 5 nitrogen and oxygen atoms in total. The summed E-state index contributed by atoms with van der Waals surface area (Å²) in [6.45, 7) is 1.62. The van der Waals surface area contributed by atoms with E-state index in [4.69, 9.17) is 0 Å². The molecule has 1 fully saturated rings. The van der Waals surface area contributed by atoms with Gasteiger partial charge in [0, 0.05) is 26.7 Å². The largest absolute Gasteiger partial charge is 0.465 e. The normalized spacial score (nSPS) is 15.0. The van der Waals surface area contributed by atoms with Crippen molar-refractivity contribution in [2.45, 2.75) is 6.54 Å². The van der Waals surface area contributed by atoms with Crippen LogP contribution >= 0.6 is 0 Å². The number of halogens is 1. The van der Waals surface area contributed by atoms with Gasteiger partial charge in [-0.05, 0) is 17.7 Å². The molecule has 1 aromatic carbocycles. The Balaban J connectivity index is 2.13. The minimum atomic E-state index is -0.707. The van der Waals surface area contributed by atoms with Crippen LogP contribution in [0.5, 0.6) is 0 Å². The van der Waals surface area contributed by atoms with E-state index in [1.807, 2.05) is 0 Å². The maximum absolute atomic E-state index is 13.7. The van der Waals surface area contributed by atoms with E-state index in [2.05, 4.69) is 4.74 Å². The number of hydrogen-bond donors (Lipinski definition) is 0. The number of esters is 1. The van der Waals surface area contributed by atoms with Gasteiger partial charge in [-0.15, -0.1) is 0 Å². The van der Waals surface area contributed by atoms with Crippen LogP contribution in [0.25, 0.3) is 0 Å². The molecule has 19 heavy (non-hydrogen) atoms. The Morgan fingerprint density at radius 1 is 1.42 bits per heavy atom. The van der Waals surface area contributed by atoms with Crippen LogP contribution in [0.3, 0.4) is 0 Å². The summed E-state index contributed by atoms with van der Waals surface area (Å²) in [4.78, 5) is 26.2. The Morgan fingerprint density at radius 3 is 2.68 bits per heavy atom. The molecule has 0 aliphatic carbocycles. The Kier molecular flexibility index (Phi) is 3.69. The lowest BCUT2D eigenvalue weighted by molar-refractivity contribution is 0.0595. The van der Waals surface area contributed by atoms with Crippen molar-refractivity contribution in [2.24, 2.45) is 0 Å². The molecule has 0 bridgehead atoms. The Morgan fingerprint density at radius 2 is 2.16 bits per heavy atom. The van der Waals surface area contributed by atoms with Crippen LogP contribution in [0.15, 0.2) is 18.2 Å². The lowest BCUT2D eigenvalue weighted by Crippen LogP contribution is -2.29. The third-order valence-electron chi connectivity index (χ3n) is 3.11. The highest BCUT2D eigenvalue weighted by molar-refractivity contribution is 5.89. The summed E-state index contributed by atoms with van der Waals surface area (Å²) in [7, 11) is 2.93. The van der Waals surface area contributed by atoms with Crippen molar-refractivity contribution in [2.75, 3.05) is 27.2 Å². The molecule has 0 unspecified atom stereocenters. The van der Waals surface area contributed by atoms with E-state index in [0.29, 0.717) is 25.2 Å². The standard InChI is InChI=1S/C13H15FN2O3/c1-15-5-6-16(13(15)18)8-9-3-4-10(11(14)7-9)12(17)19-2/h3-4,7H,5-6,8H2,1-2H3. The minimum Gasteiger partial charge on any atom is -0.465 e. The van der Waals surface area contributed by atoms with Crippen molar-refractivity contribution in [3.05, 3.63) is 35.1 Å². The van der Waals surface area contributed by atoms with Crippen LogP contribution in [-0.4, -0.2) is 49.0 Å². The molecule has 0 aromatic heterocycles. The van der Waals surface area contributed by atoms with Gasteiger partial charge in [-0.2, -0.15) is 0 Å². The molecule has 1 aliphatic rings. The predicted molar refractivity (Wildman–Crippen MR) is 66.2 cm³/mol. The number of ether oxygens (including phenoxy) is 1. The first-order valence-corrected chi connectivity index (χ1v) is 5.89. The molecule has 1 aliphatic heterocycles. The van der Waals surface area contributed by atoms with Crippen molar-refractivity contribution in [1.82, 2.24) is 9.80 Å². The summed E-state index contributed by atoms with van der Waals surface area (Å²) < 4.78 is 18.2. The number of carbonyl (C=O) groups excluding carboxylic acids is 2. The van der Waals surface area contributed by atoms with Crippen LogP contribution in [0.2, 0.25) is 0 Å². The fourth-order valence-corrected chi connectivity index (χ4v) is 2.00. The molecule has 0 atom stereocenters. The molecule has 1 saturated heterocycles. The highest BCUT2D eigenvalue weighted by Gasteiger charge is 2.25. The van der Waals surface area contributed by atoms with Gasteiger partial charge in [0.15, 0.2) is 0 Å². The number of amides is 2. The Labute approximate surface area is 110 Å². The second-order valence-electron chi connectivity index (χ2n) is 4.43. The topological polar surface area (TPSA) is 49.9 Å². The summed E-state index contributed by atoms with van der Waals surface area (Å²) in [6, 6.07) is 4.19. The quantitative estimate of drug-likeness (QED) is 0.779. The molecule has 0 N–H and O–H groups in total. The minimum absolute atomic E-state index is 0.0718. The average Bonchev–Trinajstić information content (AvgIpc) is 2.70. The molecule has 2 rings (SSSR count). The number of benzene rings is 1. The number of urea groups is 1. The lowest BCUT2D eigenvalue weighted by atomic mass is 10.1. The summed E-state index contributed by atoms with van der Waals surface area (Å²) in [6.07, 6.45) is 0. The SMILES string of the molecule is COC(=O)c1ccc(CN2CCN(C)C2=O)cc1F. The van der Waals surface area contributed by atoms with Crippen molar-refractivity contribution in [1.29, 1.82) is 0 Å². The average molecular weight is 266 g/mol. The zero-order valence-electron chi connectivity index (χ0n) is 10.9. The van der Waals surface area contributed by atoms with Gasteiger partial charge >= 0.3 is 12.0 Å². The van der Waals surface area contributed by atoms with Crippen molar-refractivity contribution in [3.8, 4) is 0 Å². The zero-order chi connectivity index (χ0) is 14.0. The first kappa shape index (κ1) is 13.3. The Hall–Kier alpha value is -2.11. The fourth-order valence-electron chi connectivity index (χ4n) is 2.00. The highest BCUT2D eigenvalue weighted by Crippen LogP contribution is 2.16. The van der Waals surface area contributed by atoms with Crippen LogP contribution in [-0.2, 0) is 11.3 Å². The van der Waals surface area contributed by atoms with E-state index in [0.717, 1.165) is 0 Å². The molecule has 6 heteroatoms. The van der Waals surface area contributed by atoms with Crippen LogP contribution < -0.4 is 0 Å². The molecule has 2 amide bonds. The number of rotatable bonds is 3. The van der Waals surface area contributed by atoms with Crippen LogP contribution in [0, 0.1) is 5.82 Å². The van der Waals surface area contributed by atoms with Gasteiger partial charge in [-0.25, -0.2) is 14.0 Å². The fraction of sp³-hybridized carbons (Fsp3) is 0.385. The summed E-state index contributed by atoms with van der Waals surface area (Å²) in [5.74, 6) is -1.34. The van der Waals surface area contributed by atoms with E-state index in [1.54, 1.807) is 22.9 Å². The molecule has 1 heterocycles. The summed E-state index contributed by atoms with van der Waals surface area (Å²) >= 11 is 0. The number of likely N-dealkylation sites (N-methyl/N-ethyl adjacent to an activating group) is 1. The van der Waals surface area contributed by atoms with Gasteiger partial charge in [0.2, 0.25) is 0 Å². The van der Waals surface area contributed by atoms with Crippen molar-refractivity contribution in [3.63, 3.8) is 0 Å². The molecule has 102 valence electrons. The van der Waals surface area contributed by atoms with Crippen LogP contribution in [0.4, 0.5) is 9.18 Å². The number of nitrogens with zero attached hydrogens (tertiary/aromatic N) is 2. The third kappa shape index (κ3) is 2.67. The van der Waals surface area contributed by atoms with Gasteiger partial charge in [-0.3, -0.25) is 0 Å². The van der Waals surface area contributed by atoms with Gasteiger partial charge in [0.1, 0.15) is 5.82 Å². The van der Waals surface area contributed by atoms with Crippen LogP contribution in [0.1, 0.15) is 15.9 Å². The summed E-state index contributed by atoms with van der Waals surface area (Å²) in [5, 5.41) is 0. The van der Waals surface area contributed by atoms with Crippen molar-refractivity contribution >= 4 is 12.0 Å². The third-order valence-corrected chi connectivity index (χ3v) is 3.11. The monoisotopic (exact) mass is 266 g/mol. The molecular weight excluding hydrogens is 251 g/mol. The second-order valence-corrected chi connectivity index (χ2v) is 4.43. The second kappa shape index (κ2) is 5.26. The lowest BCUT2D eigenvalue weighted by Gasteiger charge is -2.16. The van der Waals surface area contributed by atoms with E-state index >= 15 is 0 Å². The first-order valence-electron chi connectivity index (χ1n) is 5.89. The zero-order valence-corrected chi connectivity index (χ0v) is 10.9. The molecule has 0 spiro atoms. The van der Waals surface area contributed by atoms with E-state index in [9.17, 15) is 14.0 Å². The molecular formula is C13H15FN2O3. The predicted octanol–water partition coefficient (Wildman–Crippen LogP) is 1.48. The number of methoxy groups -OCH3 is 1. The summed E-state index contributed by atoms with van der Waals surface area (Å²) in [5.41, 5.74) is 0.546. The molecule has 0 radical (unpaired) electrons. The highest BCUT2D eigenvalue weighted by atomic mass is 19.1. The smallest absolute Gasteiger partial charge is 0.340 e. The van der Waals surface area contributed by atoms with E-state index in [1.165, 1.54) is 19.2 Å². The molecule has 0 saturated carbocycles. The van der Waals surface area contributed by atoms with E-state index in [-0.39, 0.29) is 11.6 Å². The van der Waals surface area contributed by atoms with Gasteiger partial charge < -0.3 is 14.5 Å². The maximum atomic E-state index is 13.7.